The number of benzene rings is 2. The summed E-state index contributed by atoms with van der Waals surface area (Å²) in [4.78, 5) is 34.3. The quantitative estimate of drug-likeness (QED) is 0.428. The van der Waals surface area contributed by atoms with Gasteiger partial charge in [0, 0.05) is 22.8 Å². The van der Waals surface area contributed by atoms with E-state index in [4.69, 9.17) is 4.55 Å². The molecule has 0 saturated heterocycles. The van der Waals surface area contributed by atoms with Gasteiger partial charge in [0.05, 0.1) is 4.92 Å². The summed E-state index contributed by atoms with van der Waals surface area (Å²) >= 11 is 0. The Labute approximate surface area is 129 Å². The molecule has 9 heteroatoms. The van der Waals surface area contributed by atoms with Crippen molar-refractivity contribution in [3.05, 3.63) is 68.8 Å². The number of carbonyl (C=O) groups excluding carboxylic acids is 2. The van der Waals surface area contributed by atoms with E-state index >= 15 is 0 Å². The highest BCUT2D eigenvalue weighted by atomic mass is 32.2. The molecule has 2 aromatic carbocycles. The first-order valence-corrected chi connectivity index (χ1v) is 7.64. The van der Waals surface area contributed by atoms with Crippen molar-refractivity contribution in [3.63, 3.8) is 0 Å². The monoisotopic (exact) mass is 333 g/mol. The zero-order valence-corrected chi connectivity index (χ0v) is 12.0. The average molecular weight is 333 g/mol. The number of hydrogen-bond donors (Lipinski definition) is 1. The molecule has 1 aliphatic rings. The summed E-state index contributed by atoms with van der Waals surface area (Å²) in [6.07, 6.45) is 0. The summed E-state index contributed by atoms with van der Waals surface area (Å²) in [5.74, 6) is -1.47. The number of carbonyl (C=O) groups is 2. The summed E-state index contributed by atoms with van der Waals surface area (Å²) in [5, 5.41) is 11.2. The molecule has 23 heavy (non-hydrogen) atoms. The highest BCUT2D eigenvalue weighted by Crippen LogP contribution is 2.35. The van der Waals surface area contributed by atoms with Crippen LogP contribution in [0.5, 0.6) is 0 Å². The van der Waals surface area contributed by atoms with Crippen LogP contribution in [0.4, 0.5) is 5.69 Å². The van der Waals surface area contributed by atoms with Gasteiger partial charge in [-0.15, -0.1) is 0 Å². The zero-order chi connectivity index (χ0) is 16.9. The van der Waals surface area contributed by atoms with E-state index in [0.29, 0.717) is 6.07 Å². The molecule has 1 N–H and O–H groups in total. The number of rotatable bonds is 2. The van der Waals surface area contributed by atoms with Crippen molar-refractivity contribution in [2.24, 2.45) is 0 Å². The van der Waals surface area contributed by atoms with E-state index in [1.807, 2.05) is 0 Å². The third-order valence-corrected chi connectivity index (χ3v) is 4.31. The largest absolute Gasteiger partial charge is 0.294 e. The molecule has 0 radical (unpaired) electrons. The van der Waals surface area contributed by atoms with Crippen molar-refractivity contribution in [1.29, 1.82) is 0 Å². The van der Waals surface area contributed by atoms with Crippen molar-refractivity contribution in [1.82, 2.24) is 0 Å². The molecule has 0 fully saturated rings. The molecule has 8 nitrogen and oxygen atoms in total. The Kier molecular flexibility index (Phi) is 3.13. The Hall–Kier alpha value is -2.91. The smallest absolute Gasteiger partial charge is 0.289 e. The number of nitro benzene ring substituents is 1. The molecule has 116 valence electrons. The van der Waals surface area contributed by atoms with Crippen molar-refractivity contribution in [3.8, 4) is 0 Å². The van der Waals surface area contributed by atoms with E-state index in [2.05, 4.69) is 0 Å². The molecular weight excluding hydrogens is 326 g/mol. The van der Waals surface area contributed by atoms with Gasteiger partial charge in [0.25, 0.3) is 15.8 Å². The van der Waals surface area contributed by atoms with Crippen LogP contribution in [0.25, 0.3) is 0 Å². The fourth-order valence-corrected chi connectivity index (χ4v) is 3.00. The summed E-state index contributed by atoms with van der Waals surface area (Å²) in [6.45, 7) is 0. The van der Waals surface area contributed by atoms with Crippen LogP contribution in [-0.4, -0.2) is 29.5 Å². The van der Waals surface area contributed by atoms with Gasteiger partial charge in [-0.1, -0.05) is 24.3 Å². The van der Waals surface area contributed by atoms with Gasteiger partial charge in [-0.3, -0.25) is 24.3 Å². The second kappa shape index (κ2) is 4.80. The van der Waals surface area contributed by atoms with E-state index in [-0.39, 0.29) is 11.1 Å². The predicted octanol–water partition coefficient (Wildman–Crippen LogP) is 1.62. The highest BCUT2D eigenvalue weighted by molar-refractivity contribution is 7.85. The molecule has 0 amide bonds. The first kappa shape index (κ1) is 15.0. The molecule has 3 rings (SSSR count). The van der Waals surface area contributed by atoms with Crippen LogP contribution in [0.1, 0.15) is 31.8 Å². The van der Waals surface area contributed by atoms with Crippen LogP contribution in [0.3, 0.4) is 0 Å². The van der Waals surface area contributed by atoms with Crippen LogP contribution in [-0.2, 0) is 10.1 Å². The Bertz CT molecular complexity index is 1010. The van der Waals surface area contributed by atoms with Crippen LogP contribution in [0.15, 0.2) is 41.3 Å². The lowest BCUT2D eigenvalue weighted by Gasteiger charge is -2.17. The fraction of sp³-hybridized carbons (Fsp3) is 0. The van der Waals surface area contributed by atoms with Crippen LogP contribution < -0.4 is 0 Å². The summed E-state index contributed by atoms with van der Waals surface area (Å²) in [5.41, 5.74) is -1.72. The van der Waals surface area contributed by atoms with Crippen molar-refractivity contribution in [2.45, 2.75) is 4.90 Å². The Balaban J connectivity index is 2.42. The summed E-state index contributed by atoms with van der Waals surface area (Å²) in [6, 6.07) is 7.08. The fourth-order valence-electron chi connectivity index (χ4n) is 2.47. The van der Waals surface area contributed by atoms with Gasteiger partial charge in [0.2, 0.25) is 5.78 Å². The van der Waals surface area contributed by atoms with E-state index in [0.717, 1.165) is 6.07 Å². The molecule has 0 heterocycles. The van der Waals surface area contributed by atoms with Crippen molar-refractivity contribution < 1.29 is 27.5 Å². The van der Waals surface area contributed by atoms with E-state index < -0.39 is 48.3 Å². The number of hydrogen-bond acceptors (Lipinski definition) is 6. The van der Waals surface area contributed by atoms with E-state index in [1.54, 1.807) is 0 Å². The molecule has 0 aliphatic heterocycles. The van der Waals surface area contributed by atoms with Gasteiger partial charge in [-0.05, 0) is 6.07 Å². The number of fused-ring (bicyclic) bond motifs is 2. The van der Waals surface area contributed by atoms with E-state index in [9.17, 15) is 28.1 Å². The topological polar surface area (TPSA) is 132 Å². The first-order chi connectivity index (χ1) is 10.7. The summed E-state index contributed by atoms with van der Waals surface area (Å²) in [7, 11) is -4.78. The van der Waals surface area contributed by atoms with Crippen LogP contribution in [0.2, 0.25) is 0 Å². The lowest BCUT2D eigenvalue weighted by Crippen LogP contribution is -2.23. The zero-order valence-electron chi connectivity index (χ0n) is 11.2. The molecule has 0 spiro atoms. The predicted molar refractivity (Wildman–Crippen MR) is 76.2 cm³/mol. The molecule has 1 aliphatic carbocycles. The standard InChI is InChI=1S/C14H7NO7S/c16-13-8-3-1-2-4-9(8)14(17)12-10(13)5-7(23(20,21)22)6-11(12)15(18)19/h1-6H,(H,20,21,22). The van der Waals surface area contributed by atoms with Gasteiger partial charge < -0.3 is 0 Å². The van der Waals surface area contributed by atoms with Gasteiger partial charge in [-0.25, -0.2) is 0 Å². The maximum absolute atomic E-state index is 12.5. The average Bonchev–Trinajstić information content (AvgIpc) is 2.50. The first-order valence-electron chi connectivity index (χ1n) is 6.20. The van der Waals surface area contributed by atoms with Crippen LogP contribution in [0, 0.1) is 10.1 Å². The van der Waals surface area contributed by atoms with Gasteiger partial charge in [0.1, 0.15) is 10.5 Å². The van der Waals surface area contributed by atoms with Gasteiger partial charge in [0.15, 0.2) is 5.78 Å². The minimum atomic E-state index is -4.78. The lowest BCUT2D eigenvalue weighted by molar-refractivity contribution is -0.385. The molecule has 0 bridgehead atoms. The Morgan fingerprint density at radius 2 is 1.52 bits per heavy atom. The van der Waals surface area contributed by atoms with Crippen molar-refractivity contribution >= 4 is 27.4 Å². The maximum atomic E-state index is 12.5. The van der Waals surface area contributed by atoms with Gasteiger partial charge in [-0.2, -0.15) is 8.42 Å². The number of ketones is 2. The Morgan fingerprint density at radius 1 is 0.957 bits per heavy atom. The second-order valence-corrected chi connectivity index (χ2v) is 6.22. The minimum Gasteiger partial charge on any atom is -0.289 e. The van der Waals surface area contributed by atoms with E-state index in [1.165, 1.54) is 24.3 Å². The summed E-state index contributed by atoms with van der Waals surface area (Å²) < 4.78 is 31.6. The van der Waals surface area contributed by atoms with Crippen molar-refractivity contribution in [2.75, 3.05) is 0 Å². The number of nitrogens with zero attached hydrogens (tertiary/aromatic N) is 1. The molecule has 0 aromatic heterocycles. The minimum absolute atomic E-state index is 0.00713. The molecule has 0 saturated carbocycles. The molecule has 0 atom stereocenters. The third-order valence-electron chi connectivity index (χ3n) is 3.47. The van der Waals surface area contributed by atoms with Crippen LogP contribution >= 0.6 is 0 Å². The SMILES string of the molecule is O=C1c2ccccc2C(=O)c2c1cc(S(=O)(=O)O)cc2[N+](=O)[O-]. The Morgan fingerprint density at radius 3 is 2.04 bits per heavy atom. The molecule has 0 unspecified atom stereocenters. The normalized spacial score (nSPS) is 13.4. The lowest BCUT2D eigenvalue weighted by atomic mass is 9.83. The maximum Gasteiger partial charge on any atom is 0.294 e. The molecular formula is C14H7NO7S. The number of nitro groups is 1. The third kappa shape index (κ3) is 2.22. The highest BCUT2D eigenvalue weighted by Gasteiger charge is 2.37. The molecule has 2 aromatic rings. The second-order valence-electron chi connectivity index (χ2n) is 4.80. The van der Waals surface area contributed by atoms with Gasteiger partial charge >= 0.3 is 0 Å².